The van der Waals surface area contributed by atoms with Crippen molar-refractivity contribution in [3.05, 3.63) is 36.4 Å². The van der Waals surface area contributed by atoms with Crippen molar-refractivity contribution in [2.24, 2.45) is 11.8 Å². The highest BCUT2D eigenvalue weighted by Crippen LogP contribution is 2.37. The minimum Gasteiger partial charge on any atom is -0.442 e. The molecule has 9 nitrogen and oxygen atoms in total. The molecular weight excluding hydrogens is 425 g/mol. The first kappa shape index (κ1) is 20.2. The van der Waals surface area contributed by atoms with E-state index in [4.69, 9.17) is 4.74 Å². The molecule has 1 amide bonds. The summed E-state index contributed by atoms with van der Waals surface area (Å²) in [4.78, 5) is 15.7. The average Bonchev–Trinajstić information content (AvgIpc) is 3.44. The van der Waals surface area contributed by atoms with Crippen LogP contribution in [-0.4, -0.2) is 66.7 Å². The van der Waals surface area contributed by atoms with E-state index in [0.717, 1.165) is 0 Å². The van der Waals surface area contributed by atoms with Gasteiger partial charge in [-0.2, -0.15) is 0 Å². The molecule has 3 saturated heterocycles. The molecule has 0 bridgehead atoms. The van der Waals surface area contributed by atoms with Crippen LogP contribution in [0.1, 0.15) is 12.8 Å². The predicted octanol–water partition coefficient (Wildman–Crippen LogP) is 1.70. The van der Waals surface area contributed by atoms with E-state index in [2.05, 4.69) is 10.3 Å². The van der Waals surface area contributed by atoms with Crippen LogP contribution in [0.15, 0.2) is 30.6 Å². The highest BCUT2D eigenvalue weighted by Gasteiger charge is 2.38. The second-order valence-electron chi connectivity index (χ2n) is 8.53. The van der Waals surface area contributed by atoms with Crippen molar-refractivity contribution in [2.45, 2.75) is 25.5 Å². The zero-order valence-electron chi connectivity index (χ0n) is 16.9. The molecule has 0 N–H and O–H groups in total. The van der Waals surface area contributed by atoms with Crippen LogP contribution in [0.3, 0.4) is 0 Å². The molecule has 0 aliphatic carbocycles. The summed E-state index contributed by atoms with van der Waals surface area (Å²) in [5.41, 5.74) is 0.943. The molecule has 2 aromatic rings. The van der Waals surface area contributed by atoms with Gasteiger partial charge in [0.05, 0.1) is 42.2 Å². The Morgan fingerprint density at radius 3 is 2.52 bits per heavy atom. The van der Waals surface area contributed by atoms with E-state index < -0.39 is 21.7 Å². The highest BCUT2D eigenvalue weighted by atomic mass is 32.2. The Kier molecular flexibility index (Phi) is 5.07. The van der Waals surface area contributed by atoms with Crippen molar-refractivity contribution in [2.75, 3.05) is 40.9 Å². The van der Waals surface area contributed by atoms with Gasteiger partial charge in [-0.05, 0) is 42.9 Å². The molecule has 3 atom stereocenters. The number of hydrogen-bond acceptors (Lipinski definition) is 7. The number of rotatable bonds is 4. The van der Waals surface area contributed by atoms with Crippen LogP contribution in [0.2, 0.25) is 0 Å². The molecule has 3 aliphatic rings. The monoisotopic (exact) mass is 449 g/mol. The number of amides is 1. The second-order valence-corrected chi connectivity index (χ2v) is 10.8. The summed E-state index contributed by atoms with van der Waals surface area (Å²) in [7, 11) is -2.94. The normalized spacial score (nSPS) is 27.8. The van der Waals surface area contributed by atoms with Gasteiger partial charge in [-0.1, -0.05) is 5.21 Å². The molecule has 3 aliphatic heterocycles. The minimum absolute atomic E-state index is 0.219. The van der Waals surface area contributed by atoms with E-state index in [1.54, 1.807) is 29.2 Å². The van der Waals surface area contributed by atoms with Gasteiger partial charge in [0.15, 0.2) is 0 Å². The summed E-state index contributed by atoms with van der Waals surface area (Å²) in [5.74, 6) is 0.575. The fourth-order valence-electron chi connectivity index (χ4n) is 4.84. The van der Waals surface area contributed by atoms with Gasteiger partial charge in [0.25, 0.3) is 0 Å². The number of cyclic esters (lactones) is 1. The summed E-state index contributed by atoms with van der Waals surface area (Å²) in [6, 6.07) is 4.80. The fourth-order valence-corrected chi connectivity index (χ4v) is 6.37. The van der Waals surface area contributed by atoms with Gasteiger partial charge in [0.1, 0.15) is 21.8 Å². The molecule has 2 unspecified atom stereocenters. The van der Waals surface area contributed by atoms with Gasteiger partial charge in [0.2, 0.25) is 0 Å². The lowest BCUT2D eigenvalue weighted by Crippen LogP contribution is -2.27. The van der Waals surface area contributed by atoms with Crippen LogP contribution >= 0.6 is 0 Å². The Bertz CT molecular complexity index is 1060. The van der Waals surface area contributed by atoms with E-state index in [0.29, 0.717) is 50.4 Å². The molecule has 0 radical (unpaired) electrons. The van der Waals surface area contributed by atoms with Crippen molar-refractivity contribution in [1.82, 2.24) is 15.0 Å². The number of sulfone groups is 1. The molecule has 31 heavy (non-hydrogen) atoms. The number of ether oxygens (including phenoxy) is 1. The highest BCUT2D eigenvalue weighted by molar-refractivity contribution is 7.91. The van der Waals surface area contributed by atoms with Gasteiger partial charge >= 0.3 is 6.09 Å². The Balaban J connectivity index is 1.27. The molecule has 11 heteroatoms. The van der Waals surface area contributed by atoms with E-state index in [9.17, 15) is 13.2 Å². The molecule has 1 aromatic carbocycles. The third-order valence-corrected chi connectivity index (χ3v) is 8.21. The molecule has 0 spiro atoms. The van der Waals surface area contributed by atoms with Crippen LogP contribution in [0.25, 0.3) is 0 Å². The third kappa shape index (κ3) is 4.10. The van der Waals surface area contributed by atoms with E-state index in [-0.39, 0.29) is 29.4 Å². The SMILES string of the molecule is O=C1O[C@@H](Cn2ccnn2)CN1c1ccc(N2CC3CCS(=O)(=O)CCC3C2)c(F)c1. The summed E-state index contributed by atoms with van der Waals surface area (Å²) in [6.45, 7) is 2.00. The lowest BCUT2D eigenvalue weighted by Gasteiger charge is -2.21. The Hall–Kier alpha value is -2.69. The maximum Gasteiger partial charge on any atom is 0.414 e. The first-order chi connectivity index (χ1) is 14.9. The van der Waals surface area contributed by atoms with Crippen molar-refractivity contribution < 1.29 is 22.3 Å². The molecule has 4 heterocycles. The maximum absolute atomic E-state index is 15.0. The van der Waals surface area contributed by atoms with Gasteiger partial charge in [0, 0.05) is 19.3 Å². The number of fused-ring (bicyclic) bond motifs is 1. The Labute approximate surface area is 179 Å². The third-order valence-electron chi connectivity index (χ3n) is 6.50. The second kappa shape index (κ2) is 7.77. The summed E-state index contributed by atoms with van der Waals surface area (Å²) < 4.78 is 45.8. The molecule has 166 valence electrons. The zero-order valence-corrected chi connectivity index (χ0v) is 17.7. The number of carbonyl (C=O) groups is 1. The van der Waals surface area contributed by atoms with E-state index >= 15 is 4.39 Å². The van der Waals surface area contributed by atoms with Gasteiger partial charge < -0.3 is 9.64 Å². The Morgan fingerprint density at radius 1 is 1.13 bits per heavy atom. The summed E-state index contributed by atoms with van der Waals surface area (Å²) >= 11 is 0. The first-order valence-electron chi connectivity index (χ1n) is 10.4. The number of nitrogens with zero attached hydrogens (tertiary/aromatic N) is 5. The maximum atomic E-state index is 15.0. The number of aromatic nitrogens is 3. The average molecular weight is 450 g/mol. The quantitative estimate of drug-likeness (QED) is 0.701. The van der Waals surface area contributed by atoms with E-state index in [1.165, 1.54) is 11.0 Å². The lowest BCUT2D eigenvalue weighted by atomic mass is 9.92. The largest absolute Gasteiger partial charge is 0.442 e. The van der Waals surface area contributed by atoms with Crippen molar-refractivity contribution in [3.63, 3.8) is 0 Å². The predicted molar refractivity (Wildman–Crippen MR) is 111 cm³/mol. The number of carbonyl (C=O) groups excluding carboxylic acids is 1. The molecule has 0 saturated carbocycles. The molecule has 1 aromatic heterocycles. The molecule has 3 fully saturated rings. The van der Waals surface area contributed by atoms with Crippen LogP contribution < -0.4 is 9.80 Å². The summed E-state index contributed by atoms with van der Waals surface area (Å²) in [6.07, 6.45) is 3.61. The van der Waals surface area contributed by atoms with Crippen LogP contribution in [0.4, 0.5) is 20.6 Å². The van der Waals surface area contributed by atoms with Gasteiger partial charge in [-0.25, -0.2) is 22.3 Å². The number of halogens is 1. The van der Waals surface area contributed by atoms with E-state index in [1.807, 2.05) is 4.90 Å². The Morgan fingerprint density at radius 2 is 1.87 bits per heavy atom. The first-order valence-corrected chi connectivity index (χ1v) is 12.3. The molecular formula is C20H24FN5O4S. The number of anilines is 2. The topological polar surface area (TPSA) is 97.6 Å². The lowest BCUT2D eigenvalue weighted by molar-refractivity contribution is 0.129. The number of benzene rings is 1. The fraction of sp³-hybridized carbons (Fsp3) is 0.550. The van der Waals surface area contributed by atoms with Crippen molar-refractivity contribution in [1.29, 1.82) is 0 Å². The van der Waals surface area contributed by atoms with Gasteiger partial charge in [-0.3, -0.25) is 4.90 Å². The smallest absolute Gasteiger partial charge is 0.414 e. The number of hydrogen-bond donors (Lipinski definition) is 0. The van der Waals surface area contributed by atoms with Crippen molar-refractivity contribution in [3.8, 4) is 0 Å². The molecule has 5 rings (SSSR count). The zero-order chi connectivity index (χ0) is 21.6. The summed E-state index contributed by atoms with van der Waals surface area (Å²) in [5, 5.41) is 7.61. The van der Waals surface area contributed by atoms with Crippen LogP contribution in [0.5, 0.6) is 0 Å². The minimum atomic E-state index is -2.94. The van der Waals surface area contributed by atoms with Gasteiger partial charge in [-0.15, -0.1) is 5.10 Å². The standard InChI is InChI=1S/C20H24FN5O4S/c21-18-9-16(26-13-17(30-20(26)27)12-25-6-5-22-23-25)1-2-19(18)24-10-14-3-7-31(28,29)8-4-15(14)11-24/h1-2,5-6,9,14-15,17H,3-4,7-8,10-13H2/t14?,15?,17-/m0/s1. The van der Waals surface area contributed by atoms with Crippen molar-refractivity contribution >= 4 is 27.3 Å². The van der Waals surface area contributed by atoms with Crippen LogP contribution in [0, 0.1) is 17.7 Å². The van der Waals surface area contributed by atoms with Crippen LogP contribution in [-0.2, 0) is 21.1 Å².